The van der Waals surface area contributed by atoms with E-state index in [4.69, 9.17) is 35.0 Å². The average Bonchev–Trinajstić information content (AvgIpc) is 2.48. The van der Waals surface area contributed by atoms with Gasteiger partial charge >= 0.3 is 0 Å². The summed E-state index contributed by atoms with van der Waals surface area (Å²) in [5.41, 5.74) is 9.05. The van der Waals surface area contributed by atoms with E-state index >= 15 is 0 Å². The predicted molar refractivity (Wildman–Crippen MR) is 70.9 cm³/mol. The molecule has 0 aromatic carbocycles. The minimum atomic E-state index is -0.146. The Morgan fingerprint density at radius 2 is 2.06 bits per heavy atom. The Kier molecular flexibility index (Phi) is 2.76. The highest BCUT2D eigenvalue weighted by Crippen LogP contribution is 2.21. The zero-order chi connectivity index (χ0) is 12.7. The second-order valence-corrected chi connectivity index (χ2v) is 4.20. The van der Waals surface area contributed by atoms with E-state index in [1.165, 1.54) is 0 Å². The van der Waals surface area contributed by atoms with Crippen LogP contribution in [-0.2, 0) is 0 Å². The first kappa shape index (κ1) is 11.8. The molecule has 0 spiro atoms. The van der Waals surface area contributed by atoms with Crippen molar-refractivity contribution in [1.29, 1.82) is 5.41 Å². The predicted octanol–water partition coefficient (Wildman–Crippen LogP) is -0.192. The summed E-state index contributed by atoms with van der Waals surface area (Å²) in [6, 6.07) is 0. The van der Waals surface area contributed by atoms with E-state index in [1.54, 1.807) is 24.0 Å². The minimum absolute atomic E-state index is 0.00122. The Bertz CT molecular complexity index is 506. The van der Waals surface area contributed by atoms with Gasteiger partial charge in [-0.25, -0.2) is 9.98 Å². The standard InChI is InChI=1S/C8H10ClN7S/c1-15-7(16(2)14-8(15)17)3-5(10)13-6(11)4(9)12-3/h1-2H3,(H,14,17)(H3,10,11,13)/b7-3+. The van der Waals surface area contributed by atoms with Crippen LogP contribution in [-0.4, -0.2) is 46.0 Å². The molecule has 0 amide bonds. The molecule has 2 rings (SSSR count). The molecular formula is C8H10ClN7S. The molecule has 0 aliphatic carbocycles. The molecule has 90 valence electrons. The van der Waals surface area contributed by atoms with Crippen molar-refractivity contribution in [3.8, 4) is 0 Å². The Labute approximate surface area is 108 Å². The molecule has 2 heterocycles. The molecule has 0 atom stereocenters. The van der Waals surface area contributed by atoms with Crippen LogP contribution < -0.4 is 11.2 Å². The summed E-state index contributed by atoms with van der Waals surface area (Å²) in [7, 11) is 3.55. The summed E-state index contributed by atoms with van der Waals surface area (Å²) in [4.78, 5) is 9.58. The lowest BCUT2D eigenvalue weighted by Gasteiger charge is -2.19. The van der Waals surface area contributed by atoms with Gasteiger partial charge in [-0.3, -0.25) is 15.8 Å². The Hall–Kier alpha value is -1.67. The summed E-state index contributed by atoms with van der Waals surface area (Å²) >= 11 is 10.9. The molecule has 0 radical (unpaired) electrons. The van der Waals surface area contributed by atoms with Gasteiger partial charge in [0.25, 0.3) is 0 Å². The van der Waals surface area contributed by atoms with E-state index in [0.29, 0.717) is 16.6 Å². The van der Waals surface area contributed by atoms with Crippen molar-refractivity contribution in [3.63, 3.8) is 0 Å². The van der Waals surface area contributed by atoms with Gasteiger partial charge in [-0.1, -0.05) is 11.6 Å². The number of nitrogens with zero attached hydrogens (tertiary/aromatic N) is 4. The maximum absolute atomic E-state index is 7.40. The van der Waals surface area contributed by atoms with Crippen LogP contribution in [0.1, 0.15) is 0 Å². The summed E-state index contributed by atoms with van der Waals surface area (Å²) in [5.74, 6) is 0.633. The zero-order valence-electron chi connectivity index (χ0n) is 9.15. The van der Waals surface area contributed by atoms with Gasteiger partial charge in [-0.2, -0.15) is 0 Å². The van der Waals surface area contributed by atoms with Gasteiger partial charge in [0.05, 0.1) is 0 Å². The number of hydrogen-bond acceptors (Lipinski definition) is 5. The highest BCUT2D eigenvalue weighted by Gasteiger charge is 2.30. The number of thiocarbonyl (C=S) groups is 1. The summed E-state index contributed by atoms with van der Waals surface area (Å²) in [6.07, 6.45) is 0. The second-order valence-electron chi connectivity index (χ2n) is 3.46. The van der Waals surface area contributed by atoms with Gasteiger partial charge in [0.15, 0.2) is 27.8 Å². The van der Waals surface area contributed by atoms with Crippen LogP contribution in [0, 0.1) is 5.41 Å². The maximum Gasteiger partial charge on any atom is 0.193 e. The first-order chi connectivity index (χ1) is 7.91. The number of rotatable bonds is 0. The highest BCUT2D eigenvalue weighted by molar-refractivity contribution is 7.80. The molecule has 7 nitrogen and oxygen atoms in total. The third kappa shape index (κ3) is 1.85. The number of nitrogens with one attached hydrogen (secondary N) is 2. The van der Waals surface area contributed by atoms with E-state index in [9.17, 15) is 0 Å². The minimum Gasteiger partial charge on any atom is -0.382 e. The van der Waals surface area contributed by atoms with Crippen molar-refractivity contribution < 1.29 is 0 Å². The topological polar surface area (TPSA) is 93.1 Å². The van der Waals surface area contributed by atoms with Gasteiger partial charge in [0, 0.05) is 14.1 Å². The largest absolute Gasteiger partial charge is 0.382 e. The SMILES string of the molecule is CN1NC(=S)N(C)/C1=C1\N=C(Cl)C(=N)N=C1N. The Morgan fingerprint density at radius 3 is 2.59 bits per heavy atom. The number of nitrogens with two attached hydrogens (primary N) is 1. The fraction of sp³-hybridized carbons (Fsp3) is 0.250. The van der Waals surface area contributed by atoms with Crippen molar-refractivity contribution in [3.05, 3.63) is 11.5 Å². The fourth-order valence-corrected chi connectivity index (χ4v) is 1.85. The molecule has 0 saturated carbocycles. The third-order valence-corrected chi connectivity index (χ3v) is 2.92. The van der Waals surface area contributed by atoms with Crippen LogP contribution in [0.15, 0.2) is 21.5 Å². The van der Waals surface area contributed by atoms with Crippen molar-refractivity contribution in [2.45, 2.75) is 0 Å². The van der Waals surface area contributed by atoms with E-state index < -0.39 is 0 Å². The lowest BCUT2D eigenvalue weighted by Crippen LogP contribution is -2.31. The monoisotopic (exact) mass is 271 g/mol. The third-order valence-electron chi connectivity index (χ3n) is 2.30. The fourth-order valence-electron chi connectivity index (χ4n) is 1.50. The number of hydrazine groups is 1. The van der Waals surface area contributed by atoms with Gasteiger partial charge in [0.2, 0.25) is 0 Å². The number of halogens is 1. The average molecular weight is 272 g/mol. The van der Waals surface area contributed by atoms with E-state index in [1.807, 2.05) is 0 Å². The Morgan fingerprint density at radius 1 is 1.41 bits per heavy atom. The maximum atomic E-state index is 7.40. The van der Waals surface area contributed by atoms with Crippen molar-refractivity contribution in [2.24, 2.45) is 15.7 Å². The van der Waals surface area contributed by atoms with E-state index in [2.05, 4.69) is 15.4 Å². The first-order valence-corrected chi connectivity index (χ1v) is 5.40. The van der Waals surface area contributed by atoms with Gasteiger partial charge in [0.1, 0.15) is 5.70 Å². The van der Waals surface area contributed by atoms with Crippen LogP contribution in [0.2, 0.25) is 0 Å². The van der Waals surface area contributed by atoms with Crippen LogP contribution in [0.25, 0.3) is 0 Å². The summed E-state index contributed by atoms with van der Waals surface area (Å²) < 4.78 is 0. The molecular weight excluding hydrogens is 262 g/mol. The molecule has 0 unspecified atom stereocenters. The normalized spacial score (nSPS) is 24.9. The van der Waals surface area contributed by atoms with Crippen molar-refractivity contribution in [1.82, 2.24) is 15.3 Å². The number of amidine groups is 2. The molecule has 2 aliphatic heterocycles. The molecule has 1 saturated heterocycles. The number of aliphatic imine (C=N–C) groups is 2. The molecule has 17 heavy (non-hydrogen) atoms. The van der Waals surface area contributed by atoms with Crippen LogP contribution in [0.4, 0.5) is 0 Å². The quantitative estimate of drug-likeness (QED) is 0.531. The van der Waals surface area contributed by atoms with Crippen molar-refractivity contribution in [2.75, 3.05) is 14.1 Å². The molecule has 4 N–H and O–H groups in total. The van der Waals surface area contributed by atoms with Gasteiger partial charge in [-0.15, -0.1) is 0 Å². The van der Waals surface area contributed by atoms with E-state index in [-0.39, 0.29) is 16.8 Å². The molecule has 0 aromatic heterocycles. The Balaban J connectivity index is 2.56. The van der Waals surface area contributed by atoms with Gasteiger partial charge < -0.3 is 10.6 Å². The van der Waals surface area contributed by atoms with E-state index in [0.717, 1.165) is 0 Å². The van der Waals surface area contributed by atoms with Crippen molar-refractivity contribution >= 4 is 45.8 Å². The second kappa shape index (κ2) is 3.97. The summed E-state index contributed by atoms with van der Waals surface area (Å²) in [5, 5.41) is 9.60. The molecule has 0 aromatic rings. The highest BCUT2D eigenvalue weighted by atomic mass is 35.5. The molecule has 1 fully saturated rings. The zero-order valence-corrected chi connectivity index (χ0v) is 10.7. The smallest absolute Gasteiger partial charge is 0.193 e. The lowest BCUT2D eigenvalue weighted by molar-refractivity contribution is 0.364. The number of hydrogen-bond donors (Lipinski definition) is 3. The molecule has 0 bridgehead atoms. The summed E-state index contributed by atoms with van der Waals surface area (Å²) in [6.45, 7) is 0. The van der Waals surface area contributed by atoms with Crippen LogP contribution >= 0.6 is 23.8 Å². The van der Waals surface area contributed by atoms with Crippen LogP contribution in [0.5, 0.6) is 0 Å². The molecule has 9 heteroatoms. The van der Waals surface area contributed by atoms with Gasteiger partial charge in [-0.05, 0) is 12.2 Å². The first-order valence-electron chi connectivity index (χ1n) is 4.62. The molecule has 2 aliphatic rings. The lowest BCUT2D eigenvalue weighted by atomic mass is 10.3. The van der Waals surface area contributed by atoms with Crippen LogP contribution in [0.3, 0.4) is 0 Å².